The number of nitrogens with two attached hydrogens (primary N) is 1. The Hall–Kier alpha value is -0.370. The van der Waals surface area contributed by atoms with E-state index < -0.39 is 12.8 Å². The van der Waals surface area contributed by atoms with Gasteiger partial charge in [-0.05, 0) is 6.42 Å². The lowest BCUT2D eigenvalue weighted by atomic mass is 9.94. The molecule has 108 valence electrons. The molecule has 0 bridgehead atoms. The smallest absolute Gasteiger partial charge is 0.381 e. The highest BCUT2D eigenvalue weighted by Crippen LogP contribution is 2.24. The molecule has 18 heavy (non-hydrogen) atoms. The molecule has 0 amide bonds. The maximum absolute atomic E-state index is 11.8. The average Bonchev–Trinajstić information content (AvgIpc) is 2.33. The van der Waals surface area contributed by atoms with Crippen LogP contribution >= 0.6 is 0 Å². The molecule has 1 fully saturated rings. The summed E-state index contributed by atoms with van der Waals surface area (Å²) in [6.45, 7) is 0.817. The predicted octanol–water partition coefficient (Wildman–Crippen LogP) is 1.48. The molecular weight excluding hydrogens is 251 g/mol. The quantitative estimate of drug-likeness (QED) is 0.713. The summed E-state index contributed by atoms with van der Waals surface area (Å²) in [5, 5.41) is 0. The molecule has 1 heterocycles. The van der Waals surface area contributed by atoms with E-state index in [-0.39, 0.29) is 12.2 Å². The van der Waals surface area contributed by atoms with Gasteiger partial charge in [0.25, 0.3) is 0 Å². The van der Waals surface area contributed by atoms with Crippen molar-refractivity contribution in [1.29, 1.82) is 0 Å². The van der Waals surface area contributed by atoms with E-state index >= 15 is 0 Å². The lowest BCUT2D eigenvalue weighted by Gasteiger charge is -2.36. The molecule has 7 heteroatoms. The SMILES string of the molecule is NCC1(OCCCOCC(F)(F)F)CCOCC1. The van der Waals surface area contributed by atoms with E-state index in [9.17, 15) is 13.2 Å². The first-order valence-electron chi connectivity index (χ1n) is 6.04. The normalized spacial score (nSPS) is 20.0. The minimum Gasteiger partial charge on any atom is -0.381 e. The molecule has 0 aromatic heterocycles. The zero-order valence-electron chi connectivity index (χ0n) is 10.3. The molecule has 0 aromatic rings. The lowest BCUT2D eigenvalue weighted by Crippen LogP contribution is -2.45. The van der Waals surface area contributed by atoms with Crippen LogP contribution in [-0.2, 0) is 14.2 Å². The Morgan fingerprint density at radius 3 is 2.39 bits per heavy atom. The number of hydrogen-bond donors (Lipinski definition) is 1. The van der Waals surface area contributed by atoms with E-state index in [1.807, 2.05) is 0 Å². The molecule has 2 N–H and O–H groups in total. The Morgan fingerprint density at radius 2 is 1.83 bits per heavy atom. The summed E-state index contributed by atoms with van der Waals surface area (Å²) in [5.41, 5.74) is 5.30. The summed E-state index contributed by atoms with van der Waals surface area (Å²) in [6.07, 6.45) is -2.38. The van der Waals surface area contributed by atoms with Crippen LogP contribution in [0.25, 0.3) is 0 Å². The van der Waals surface area contributed by atoms with Gasteiger partial charge in [0.05, 0.1) is 5.60 Å². The van der Waals surface area contributed by atoms with Gasteiger partial charge in [0, 0.05) is 45.8 Å². The Labute approximate surface area is 105 Å². The van der Waals surface area contributed by atoms with Gasteiger partial charge in [0.2, 0.25) is 0 Å². The van der Waals surface area contributed by atoms with Crippen LogP contribution in [0.4, 0.5) is 13.2 Å². The fraction of sp³-hybridized carbons (Fsp3) is 1.00. The van der Waals surface area contributed by atoms with Gasteiger partial charge < -0.3 is 19.9 Å². The summed E-state index contributed by atoms with van der Waals surface area (Å²) >= 11 is 0. The number of ether oxygens (including phenoxy) is 3. The van der Waals surface area contributed by atoms with Crippen molar-refractivity contribution in [3.8, 4) is 0 Å². The second kappa shape index (κ2) is 7.28. The summed E-state index contributed by atoms with van der Waals surface area (Å²) in [5.74, 6) is 0. The van der Waals surface area contributed by atoms with Crippen molar-refractivity contribution in [2.45, 2.75) is 31.0 Å². The van der Waals surface area contributed by atoms with Crippen molar-refractivity contribution in [2.24, 2.45) is 5.73 Å². The van der Waals surface area contributed by atoms with Gasteiger partial charge in [0.1, 0.15) is 6.61 Å². The summed E-state index contributed by atoms with van der Waals surface area (Å²) in [7, 11) is 0. The second-order valence-electron chi connectivity index (χ2n) is 4.37. The van der Waals surface area contributed by atoms with Crippen LogP contribution in [-0.4, -0.2) is 51.4 Å². The third kappa shape index (κ3) is 5.99. The second-order valence-corrected chi connectivity index (χ2v) is 4.37. The van der Waals surface area contributed by atoms with Crippen molar-refractivity contribution in [1.82, 2.24) is 0 Å². The summed E-state index contributed by atoms with van der Waals surface area (Å²) in [6, 6.07) is 0. The van der Waals surface area contributed by atoms with Crippen LogP contribution in [0.1, 0.15) is 19.3 Å². The standard InChI is InChI=1S/C11H20F3NO3/c12-11(13,14)9-17-4-1-5-18-10(8-15)2-6-16-7-3-10/h1-9,15H2. The Kier molecular flexibility index (Phi) is 6.34. The fourth-order valence-electron chi connectivity index (χ4n) is 1.79. The number of halogens is 3. The van der Waals surface area contributed by atoms with Gasteiger partial charge in [-0.1, -0.05) is 0 Å². The molecule has 1 aliphatic rings. The molecule has 0 aliphatic carbocycles. The highest BCUT2D eigenvalue weighted by atomic mass is 19.4. The molecule has 0 unspecified atom stereocenters. The van der Waals surface area contributed by atoms with Crippen LogP contribution in [0.3, 0.4) is 0 Å². The van der Waals surface area contributed by atoms with Crippen molar-refractivity contribution >= 4 is 0 Å². The van der Waals surface area contributed by atoms with Crippen molar-refractivity contribution in [3.63, 3.8) is 0 Å². The van der Waals surface area contributed by atoms with Gasteiger partial charge in [-0.25, -0.2) is 0 Å². The number of rotatable bonds is 7. The first-order chi connectivity index (χ1) is 8.47. The van der Waals surface area contributed by atoms with E-state index in [4.69, 9.17) is 15.2 Å². The zero-order valence-corrected chi connectivity index (χ0v) is 10.3. The highest BCUT2D eigenvalue weighted by molar-refractivity contribution is 4.84. The predicted molar refractivity (Wildman–Crippen MR) is 59.3 cm³/mol. The summed E-state index contributed by atoms with van der Waals surface area (Å²) < 4.78 is 50.8. The van der Waals surface area contributed by atoms with Crippen molar-refractivity contribution in [3.05, 3.63) is 0 Å². The lowest BCUT2D eigenvalue weighted by molar-refractivity contribution is -0.176. The monoisotopic (exact) mass is 271 g/mol. The van der Waals surface area contributed by atoms with Crippen LogP contribution in [0.2, 0.25) is 0 Å². The molecule has 0 aromatic carbocycles. The molecule has 1 saturated heterocycles. The molecular formula is C11H20F3NO3. The molecule has 0 atom stereocenters. The third-order valence-corrected chi connectivity index (χ3v) is 2.88. The Balaban J connectivity index is 2.09. The van der Waals surface area contributed by atoms with Gasteiger partial charge in [0.15, 0.2) is 0 Å². The summed E-state index contributed by atoms with van der Waals surface area (Å²) in [4.78, 5) is 0. The minimum atomic E-state index is -4.26. The molecule has 1 aliphatic heterocycles. The van der Waals surface area contributed by atoms with Gasteiger partial charge in [-0.3, -0.25) is 0 Å². The third-order valence-electron chi connectivity index (χ3n) is 2.88. The molecule has 0 spiro atoms. The average molecular weight is 271 g/mol. The number of hydrogen-bond acceptors (Lipinski definition) is 4. The van der Waals surface area contributed by atoms with E-state index in [1.165, 1.54) is 0 Å². The van der Waals surface area contributed by atoms with E-state index in [1.54, 1.807) is 0 Å². The van der Waals surface area contributed by atoms with Crippen molar-refractivity contribution in [2.75, 3.05) is 39.6 Å². The van der Waals surface area contributed by atoms with Crippen LogP contribution in [0.15, 0.2) is 0 Å². The first-order valence-corrected chi connectivity index (χ1v) is 6.04. The van der Waals surface area contributed by atoms with Gasteiger partial charge in [-0.2, -0.15) is 13.2 Å². The number of alkyl halides is 3. The van der Waals surface area contributed by atoms with E-state index in [0.29, 0.717) is 32.8 Å². The van der Waals surface area contributed by atoms with Crippen LogP contribution in [0.5, 0.6) is 0 Å². The topological polar surface area (TPSA) is 53.7 Å². The minimum absolute atomic E-state index is 0.0384. The maximum Gasteiger partial charge on any atom is 0.411 e. The van der Waals surface area contributed by atoms with Crippen LogP contribution < -0.4 is 5.73 Å². The molecule has 0 radical (unpaired) electrons. The van der Waals surface area contributed by atoms with E-state index in [0.717, 1.165) is 12.8 Å². The zero-order chi connectivity index (χ0) is 13.5. The van der Waals surface area contributed by atoms with Gasteiger partial charge >= 0.3 is 6.18 Å². The highest BCUT2D eigenvalue weighted by Gasteiger charge is 2.32. The maximum atomic E-state index is 11.8. The molecule has 0 saturated carbocycles. The Bertz CT molecular complexity index is 230. The molecule has 1 rings (SSSR count). The fourth-order valence-corrected chi connectivity index (χ4v) is 1.79. The molecule has 4 nitrogen and oxygen atoms in total. The van der Waals surface area contributed by atoms with Crippen molar-refractivity contribution < 1.29 is 27.4 Å². The van der Waals surface area contributed by atoms with E-state index in [2.05, 4.69) is 4.74 Å². The van der Waals surface area contributed by atoms with Gasteiger partial charge in [-0.15, -0.1) is 0 Å². The first kappa shape index (κ1) is 15.7. The Morgan fingerprint density at radius 1 is 1.17 bits per heavy atom. The van der Waals surface area contributed by atoms with Crippen LogP contribution in [0, 0.1) is 0 Å². The largest absolute Gasteiger partial charge is 0.411 e.